The van der Waals surface area contributed by atoms with Crippen LogP contribution in [0.5, 0.6) is 5.75 Å². The van der Waals surface area contributed by atoms with E-state index in [1.54, 1.807) is 31.3 Å². The molecule has 2 aromatic heterocycles. The van der Waals surface area contributed by atoms with Gasteiger partial charge in [-0.05, 0) is 92.6 Å². The Morgan fingerprint density at radius 1 is 1.21 bits per heavy atom. The number of piperidine rings is 1. The minimum atomic E-state index is -0.562. The summed E-state index contributed by atoms with van der Waals surface area (Å²) in [6.45, 7) is 3.19. The van der Waals surface area contributed by atoms with Gasteiger partial charge in [0.15, 0.2) is 0 Å². The van der Waals surface area contributed by atoms with Crippen LogP contribution in [0, 0.1) is 11.8 Å². The van der Waals surface area contributed by atoms with E-state index < -0.39 is 6.10 Å². The molecule has 0 amide bonds. The Morgan fingerprint density at radius 3 is 2.91 bits per heavy atom. The zero-order valence-corrected chi connectivity index (χ0v) is 20.5. The quantitative estimate of drug-likeness (QED) is 0.313. The highest BCUT2D eigenvalue weighted by Crippen LogP contribution is 2.33. The molecule has 1 saturated heterocycles. The van der Waals surface area contributed by atoms with Gasteiger partial charge in [-0.3, -0.25) is 4.98 Å². The van der Waals surface area contributed by atoms with Crippen molar-refractivity contribution in [3.05, 3.63) is 54.4 Å². The number of ether oxygens (including phenoxy) is 1. The maximum atomic E-state index is 11.0. The number of fused-ring (bicyclic) bond motifs is 1. The second kappa shape index (κ2) is 12.4. The van der Waals surface area contributed by atoms with E-state index in [9.17, 15) is 10.2 Å². The van der Waals surface area contributed by atoms with Crippen molar-refractivity contribution in [2.75, 3.05) is 39.1 Å². The number of hydrogen-bond acceptors (Lipinski definition) is 8. The van der Waals surface area contributed by atoms with Crippen molar-refractivity contribution in [3.63, 3.8) is 0 Å². The fourth-order valence-corrected chi connectivity index (χ4v) is 5.63. The van der Waals surface area contributed by atoms with Crippen LogP contribution in [0.3, 0.4) is 0 Å². The Labute approximate surface area is 205 Å². The molecule has 7 nitrogen and oxygen atoms in total. The highest BCUT2D eigenvalue weighted by molar-refractivity contribution is 7.99. The molecule has 0 saturated carbocycles. The summed E-state index contributed by atoms with van der Waals surface area (Å²) in [5.74, 6) is 2.45. The molecule has 0 radical (unpaired) electrons. The summed E-state index contributed by atoms with van der Waals surface area (Å²) in [7, 11) is 1.64. The number of thioether (sulfide) groups is 1. The molecular weight excluding hydrogens is 448 g/mol. The molecule has 0 spiro atoms. The number of methoxy groups -OCH3 is 1. The number of rotatable bonds is 11. The van der Waals surface area contributed by atoms with Gasteiger partial charge in [-0.2, -0.15) is 5.10 Å². The third-order valence-corrected chi connectivity index (χ3v) is 7.79. The Bertz CT molecular complexity index is 1040. The van der Waals surface area contributed by atoms with Crippen molar-refractivity contribution in [1.82, 2.24) is 20.1 Å². The molecule has 8 heteroatoms. The van der Waals surface area contributed by atoms with Gasteiger partial charge in [0.05, 0.1) is 18.7 Å². The van der Waals surface area contributed by atoms with E-state index in [2.05, 4.69) is 20.1 Å². The van der Waals surface area contributed by atoms with Gasteiger partial charge >= 0.3 is 0 Å². The first-order valence-corrected chi connectivity index (χ1v) is 13.0. The lowest BCUT2D eigenvalue weighted by molar-refractivity contribution is 0.0581. The maximum Gasteiger partial charge on any atom is 0.119 e. The van der Waals surface area contributed by atoms with Crippen LogP contribution in [0.25, 0.3) is 10.9 Å². The molecule has 3 aromatic rings. The molecule has 0 bridgehead atoms. The zero-order chi connectivity index (χ0) is 23.8. The zero-order valence-electron chi connectivity index (χ0n) is 19.7. The van der Waals surface area contributed by atoms with Crippen molar-refractivity contribution >= 4 is 22.7 Å². The van der Waals surface area contributed by atoms with Crippen LogP contribution < -0.4 is 4.74 Å². The van der Waals surface area contributed by atoms with Crippen molar-refractivity contribution in [2.45, 2.75) is 36.8 Å². The largest absolute Gasteiger partial charge is 0.497 e. The highest BCUT2D eigenvalue weighted by atomic mass is 32.2. The lowest BCUT2D eigenvalue weighted by atomic mass is 9.81. The average molecular weight is 483 g/mol. The summed E-state index contributed by atoms with van der Waals surface area (Å²) in [5.41, 5.74) is 1.75. The smallest absolute Gasteiger partial charge is 0.119 e. The monoisotopic (exact) mass is 482 g/mol. The van der Waals surface area contributed by atoms with Crippen molar-refractivity contribution in [2.24, 2.45) is 11.8 Å². The van der Waals surface area contributed by atoms with Gasteiger partial charge in [0.25, 0.3) is 0 Å². The lowest BCUT2D eigenvalue weighted by Gasteiger charge is -2.38. The number of aliphatic hydroxyl groups excluding tert-OH is 2. The number of hydrogen-bond donors (Lipinski definition) is 2. The van der Waals surface area contributed by atoms with E-state index in [4.69, 9.17) is 4.74 Å². The van der Waals surface area contributed by atoms with Crippen molar-refractivity contribution in [3.8, 4) is 5.75 Å². The van der Waals surface area contributed by atoms with Crippen LogP contribution in [-0.4, -0.2) is 69.4 Å². The summed E-state index contributed by atoms with van der Waals surface area (Å²) < 4.78 is 5.36. The van der Waals surface area contributed by atoms with Gasteiger partial charge in [0.1, 0.15) is 10.8 Å². The second-order valence-corrected chi connectivity index (χ2v) is 10.0. The minimum absolute atomic E-state index is 0.195. The number of pyridine rings is 1. The van der Waals surface area contributed by atoms with Crippen LogP contribution >= 0.6 is 11.8 Å². The molecule has 182 valence electrons. The average Bonchev–Trinajstić information content (AvgIpc) is 2.89. The maximum absolute atomic E-state index is 11.0. The number of aliphatic hydroxyl groups is 2. The summed E-state index contributed by atoms with van der Waals surface area (Å²) in [5, 5.41) is 31.0. The van der Waals surface area contributed by atoms with Gasteiger partial charge in [-0.15, -0.1) is 16.9 Å². The van der Waals surface area contributed by atoms with Gasteiger partial charge in [-0.25, -0.2) is 0 Å². The predicted octanol–water partition coefficient (Wildman–Crippen LogP) is 3.96. The summed E-state index contributed by atoms with van der Waals surface area (Å²) >= 11 is 1.74. The number of aromatic nitrogens is 3. The lowest BCUT2D eigenvalue weighted by Crippen LogP contribution is -2.42. The molecule has 1 aromatic carbocycles. The molecule has 0 aliphatic carbocycles. The molecule has 2 N–H and O–H groups in total. The fourth-order valence-electron chi connectivity index (χ4n) is 4.87. The summed E-state index contributed by atoms with van der Waals surface area (Å²) in [4.78, 5) is 6.88. The molecule has 3 heterocycles. The van der Waals surface area contributed by atoms with Crippen molar-refractivity contribution in [1.29, 1.82) is 0 Å². The third kappa shape index (κ3) is 6.44. The Balaban J connectivity index is 1.26. The predicted molar refractivity (Wildman–Crippen MR) is 135 cm³/mol. The van der Waals surface area contributed by atoms with Gasteiger partial charge < -0.3 is 19.8 Å². The van der Waals surface area contributed by atoms with E-state index in [1.807, 2.05) is 36.4 Å². The topological polar surface area (TPSA) is 91.6 Å². The summed E-state index contributed by atoms with van der Waals surface area (Å²) in [6.07, 6.45) is 6.60. The first-order chi connectivity index (χ1) is 16.7. The van der Waals surface area contributed by atoms with E-state index in [-0.39, 0.29) is 12.5 Å². The standard InChI is InChI=1S/C26H34N4O3S/c1-33-21-6-7-24-23(16-21)22(9-12-27-24)25(32)8-5-19-10-14-30(17-20(19)18-31)13-3-15-34-26-4-2-11-28-29-26/h2,4,6-7,9,11-12,16,19-20,25,31-32H,3,5,8,10,13-15,17-18H2,1H3/t19-,20-,25?/m1/s1. The van der Waals surface area contributed by atoms with Gasteiger partial charge in [0, 0.05) is 36.7 Å². The van der Waals surface area contributed by atoms with E-state index in [1.165, 1.54) is 0 Å². The Hall–Kier alpha value is -2.26. The first-order valence-electron chi connectivity index (χ1n) is 12.0. The Kier molecular flexibility index (Phi) is 9.10. The fraction of sp³-hybridized carbons (Fsp3) is 0.500. The van der Waals surface area contributed by atoms with Crippen LogP contribution in [0.15, 0.2) is 53.8 Å². The second-order valence-electron chi connectivity index (χ2n) is 8.93. The summed E-state index contributed by atoms with van der Waals surface area (Å²) in [6, 6.07) is 11.6. The highest BCUT2D eigenvalue weighted by Gasteiger charge is 2.29. The van der Waals surface area contributed by atoms with E-state index >= 15 is 0 Å². The molecular formula is C26H34N4O3S. The minimum Gasteiger partial charge on any atom is -0.497 e. The van der Waals surface area contributed by atoms with E-state index in [0.29, 0.717) is 12.3 Å². The molecule has 3 atom stereocenters. The van der Waals surface area contributed by atoms with Gasteiger partial charge in [-0.1, -0.05) is 0 Å². The SMILES string of the molecule is COc1ccc2nccc(C(O)CC[C@@H]3CCN(CCCSc4cccnn4)C[C@@H]3CO)c2c1. The molecule has 4 rings (SSSR count). The molecule has 1 aliphatic heterocycles. The van der Waals surface area contributed by atoms with Crippen LogP contribution in [0.2, 0.25) is 0 Å². The van der Waals surface area contributed by atoms with E-state index in [0.717, 1.165) is 71.9 Å². The van der Waals surface area contributed by atoms with Crippen LogP contribution in [0.1, 0.15) is 37.4 Å². The number of likely N-dealkylation sites (tertiary alicyclic amines) is 1. The molecule has 1 aliphatic rings. The third-order valence-electron chi connectivity index (χ3n) is 6.78. The molecule has 1 unspecified atom stereocenters. The van der Waals surface area contributed by atoms with Crippen LogP contribution in [0.4, 0.5) is 0 Å². The van der Waals surface area contributed by atoms with Crippen LogP contribution in [-0.2, 0) is 0 Å². The van der Waals surface area contributed by atoms with Crippen molar-refractivity contribution < 1.29 is 14.9 Å². The van der Waals surface area contributed by atoms with Gasteiger partial charge in [0.2, 0.25) is 0 Å². The Morgan fingerprint density at radius 2 is 2.12 bits per heavy atom. The first kappa shape index (κ1) is 24.9. The molecule has 34 heavy (non-hydrogen) atoms. The number of nitrogens with zero attached hydrogens (tertiary/aromatic N) is 4. The normalized spacial score (nSPS) is 19.9. The number of benzene rings is 1. The molecule has 1 fully saturated rings.